The van der Waals surface area contributed by atoms with E-state index in [-0.39, 0.29) is 11.9 Å². The summed E-state index contributed by atoms with van der Waals surface area (Å²) in [7, 11) is 1.63. The van der Waals surface area contributed by atoms with Crippen molar-refractivity contribution in [3.8, 4) is 5.75 Å². The molecule has 2 aromatic rings. The van der Waals surface area contributed by atoms with Crippen molar-refractivity contribution in [2.24, 2.45) is 0 Å². The SMILES string of the molecule is COc1ccc(NC(=O)C(C)N2CCN(Cc3ccsc3)CC2)cc1. The third-order valence-corrected chi connectivity index (χ3v) is 5.41. The fraction of sp³-hybridized carbons (Fsp3) is 0.421. The highest BCUT2D eigenvalue weighted by molar-refractivity contribution is 7.07. The minimum atomic E-state index is -0.134. The van der Waals surface area contributed by atoms with Crippen molar-refractivity contribution in [1.82, 2.24) is 9.80 Å². The van der Waals surface area contributed by atoms with Crippen molar-refractivity contribution >= 4 is 22.9 Å². The molecule has 25 heavy (non-hydrogen) atoms. The molecule has 0 saturated carbocycles. The van der Waals surface area contributed by atoms with Gasteiger partial charge in [-0.25, -0.2) is 0 Å². The van der Waals surface area contributed by atoms with Crippen LogP contribution in [0.25, 0.3) is 0 Å². The van der Waals surface area contributed by atoms with Crippen LogP contribution in [0.3, 0.4) is 0 Å². The number of anilines is 1. The van der Waals surface area contributed by atoms with Crippen LogP contribution < -0.4 is 10.1 Å². The van der Waals surface area contributed by atoms with Crippen molar-refractivity contribution in [1.29, 1.82) is 0 Å². The number of nitrogens with one attached hydrogen (secondary N) is 1. The predicted molar refractivity (Wildman–Crippen MR) is 102 cm³/mol. The van der Waals surface area contributed by atoms with Crippen LogP contribution >= 0.6 is 11.3 Å². The van der Waals surface area contributed by atoms with E-state index >= 15 is 0 Å². The van der Waals surface area contributed by atoms with Crippen LogP contribution in [0.15, 0.2) is 41.1 Å². The van der Waals surface area contributed by atoms with Crippen molar-refractivity contribution < 1.29 is 9.53 Å². The standard InChI is InChI=1S/C19H25N3O2S/c1-15(19(23)20-17-3-5-18(24-2)6-4-17)22-10-8-21(9-11-22)13-16-7-12-25-14-16/h3-7,12,14-15H,8-11,13H2,1-2H3,(H,20,23). The molecule has 134 valence electrons. The zero-order valence-corrected chi connectivity index (χ0v) is 15.6. The molecule has 1 aliphatic rings. The zero-order valence-electron chi connectivity index (χ0n) is 14.8. The lowest BCUT2D eigenvalue weighted by Crippen LogP contribution is -2.52. The van der Waals surface area contributed by atoms with Gasteiger partial charge in [0.15, 0.2) is 0 Å². The molecule has 1 aromatic carbocycles. The first-order valence-corrected chi connectivity index (χ1v) is 9.52. The van der Waals surface area contributed by atoms with Gasteiger partial charge in [-0.2, -0.15) is 11.3 Å². The Labute approximate surface area is 153 Å². The Morgan fingerprint density at radius 3 is 2.52 bits per heavy atom. The third-order valence-electron chi connectivity index (χ3n) is 4.68. The number of thiophene rings is 1. The van der Waals surface area contributed by atoms with Gasteiger partial charge in [-0.05, 0) is 53.6 Å². The van der Waals surface area contributed by atoms with Crippen LogP contribution in [-0.2, 0) is 11.3 Å². The molecule has 0 aliphatic carbocycles. The molecular weight excluding hydrogens is 334 g/mol. The summed E-state index contributed by atoms with van der Waals surface area (Å²) in [5.74, 6) is 0.823. The Morgan fingerprint density at radius 2 is 1.92 bits per heavy atom. The molecule has 3 rings (SSSR count). The molecule has 1 saturated heterocycles. The summed E-state index contributed by atoms with van der Waals surface area (Å²) in [6, 6.07) is 9.48. The smallest absolute Gasteiger partial charge is 0.241 e. The van der Waals surface area contributed by atoms with Crippen LogP contribution in [0, 0.1) is 0 Å². The average Bonchev–Trinajstić information content (AvgIpc) is 3.15. The largest absolute Gasteiger partial charge is 0.497 e. The van der Waals surface area contributed by atoms with E-state index in [1.54, 1.807) is 18.4 Å². The highest BCUT2D eigenvalue weighted by Gasteiger charge is 2.25. The molecule has 1 unspecified atom stereocenters. The van der Waals surface area contributed by atoms with Crippen molar-refractivity contribution in [2.75, 3.05) is 38.6 Å². The number of ether oxygens (including phenoxy) is 1. The second-order valence-corrected chi connectivity index (χ2v) is 7.12. The van der Waals surface area contributed by atoms with Crippen LogP contribution in [0.2, 0.25) is 0 Å². The highest BCUT2D eigenvalue weighted by atomic mass is 32.1. The first-order valence-electron chi connectivity index (χ1n) is 8.58. The Bertz CT molecular complexity index is 664. The van der Waals surface area contributed by atoms with E-state index in [1.165, 1.54) is 5.56 Å². The maximum atomic E-state index is 12.5. The van der Waals surface area contributed by atoms with Gasteiger partial charge in [-0.15, -0.1) is 0 Å². The van der Waals surface area contributed by atoms with Crippen LogP contribution in [-0.4, -0.2) is 55.0 Å². The van der Waals surface area contributed by atoms with Crippen LogP contribution in [0.5, 0.6) is 5.75 Å². The van der Waals surface area contributed by atoms with E-state index in [9.17, 15) is 4.79 Å². The Kier molecular flexibility index (Phi) is 6.07. The minimum Gasteiger partial charge on any atom is -0.497 e. The molecule has 1 fully saturated rings. The fourth-order valence-corrected chi connectivity index (χ4v) is 3.70. The lowest BCUT2D eigenvalue weighted by atomic mass is 10.2. The molecule has 1 aromatic heterocycles. The molecule has 5 nitrogen and oxygen atoms in total. The summed E-state index contributed by atoms with van der Waals surface area (Å²) in [6.07, 6.45) is 0. The van der Waals surface area contributed by atoms with E-state index in [2.05, 4.69) is 31.9 Å². The Morgan fingerprint density at radius 1 is 1.20 bits per heavy atom. The van der Waals surface area contributed by atoms with Gasteiger partial charge in [0.25, 0.3) is 0 Å². The number of carbonyl (C=O) groups excluding carboxylic acids is 1. The number of amides is 1. The number of hydrogen-bond donors (Lipinski definition) is 1. The summed E-state index contributed by atoms with van der Waals surface area (Å²) >= 11 is 1.74. The Hall–Kier alpha value is -1.89. The van der Waals surface area contributed by atoms with Gasteiger partial charge >= 0.3 is 0 Å². The lowest BCUT2D eigenvalue weighted by molar-refractivity contribution is -0.121. The topological polar surface area (TPSA) is 44.8 Å². The van der Waals surface area contributed by atoms with Gasteiger partial charge in [0.05, 0.1) is 13.2 Å². The molecule has 0 bridgehead atoms. The number of carbonyl (C=O) groups is 1. The van der Waals surface area contributed by atoms with E-state index in [0.717, 1.165) is 44.2 Å². The first-order chi connectivity index (χ1) is 12.2. The molecule has 1 amide bonds. The van der Waals surface area contributed by atoms with Gasteiger partial charge in [0.2, 0.25) is 5.91 Å². The highest BCUT2D eigenvalue weighted by Crippen LogP contribution is 2.17. The number of methoxy groups -OCH3 is 1. The summed E-state index contributed by atoms with van der Waals surface area (Å²) in [5.41, 5.74) is 2.18. The van der Waals surface area contributed by atoms with Crippen LogP contribution in [0.4, 0.5) is 5.69 Å². The molecule has 1 aliphatic heterocycles. The zero-order chi connectivity index (χ0) is 17.6. The summed E-state index contributed by atoms with van der Waals surface area (Å²) in [5, 5.41) is 7.32. The molecular formula is C19H25N3O2S. The lowest BCUT2D eigenvalue weighted by Gasteiger charge is -2.37. The Balaban J connectivity index is 1.47. The van der Waals surface area contributed by atoms with Crippen molar-refractivity contribution in [3.05, 3.63) is 46.7 Å². The van der Waals surface area contributed by atoms with Gasteiger partial charge in [0.1, 0.15) is 5.75 Å². The molecule has 0 spiro atoms. The van der Waals surface area contributed by atoms with Gasteiger partial charge in [-0.3, -0.25) is 14.6 Å². The van der Waals surface area contributed by atoms with E-state index < -0.39 is 0 Å². The van der Waals surface area contributed by atoms with Crippen LogP contribution in [0.1, 0.15) is 12.5 Å². The normalized spacial score (nSPS) is 17.2. The van der Waals surface area contributed by atoms with Gasteiger partial charge in [0, 0.05) is 38.4 Å². The molecule has 6 heteroatoms. The second-order valence-electron chi connectivity index (χ2n) is 6.34. The third kappa shape index (κ3) is 4.81. The number of hydrogen-bond acceptors (Lipinski definition) is 5. The van der Waals surface area contributed by atoms with E-state index in [1.807, 2.05) is 31.2 Å². The van der Waals surface area contributed by atoms with E-state index in [0.29, 0.717) is 0 Å². The summed E-state index contributed by atoms with van der Waals surface area (Å²) < 4.78 is 5.14. The van der Waals surface area contributed by atoms with Crippen molar-refractivity contribution in [2.45, 2.75) is 19.5 Å². The molecule has 0 radical (unpaired) electrons. The molecule has 2 heterocycles. The molecule has 1 atom stereocenters. The fourth-order valence-electron chi connectivity index (χ4n) is 3.04. The molecule has 1 N–H and O–H groups in total. The second kappa shape index (κ2) is 8.47. The monoisotopic (exact) mass is 359 g/mol. The predicted octanol–water partition coefficient (Wildman–Crippen LogP) is 2.90. The first kappa shape index (κ1) is 17.9. The number of rotatable bonds is 6. The number of piperazine rings is 1. The number of nitrogens with zero attached hydrogens (tertiary/aromatic N) is 2. The van der Waals surface area contributed by atoms with Crippen molar-refractivity contribution in [3.63, 3.8) is 0 Å². The minimum absolute atomic E-state index is 0.0384. The summed E-state index contributed by atoms with van der Waals surface area (Å²) in [4.78, 5) is 17.2. The quantitative estimate of drug-likeness (QED) is 0.861. The maximum Gasteiger partial charge on any atom is 0.241 e. The van der Waals surface area contributed by atoms with E-state index in [4.69, 9.17) is 4.74 Å². The summed E-state index contributed by atoms with van der Waals surface area (Å²) in [6.45, 7) is 6.81. The maximum absolute atomic E-state index is 12.5. The number of benzene rings is 1. The van der Waals surface area contributed by atoms with Gasteiger partial charge in [-0.1, -0.05) is 0 Å². The van der Waals surface area contributed by atoms with Gasteiger partial charge < -0.3 is 10.1 Å². The average molecular weight is 359 g/mol.